The predicted octanol–water partition coefficient (Wildman–Crippen LogP) is 3.44. The molecule has 0 aromatic heterocycles. The molecule has 3 atom stereocenters. The summed E-state index contributed by atoms with van der Waals surface area (Å²) in [5.41, 5.74) is 7.89. The van der Waals surface area contributed by atoms with Crippen molar-refractivity contribution >= 4 is 17.4 Å². The van der Waals surface area contributed by atoms with Crippen molar-refractivity contribution in [3.05, 3.63) is 29.6 Å². The molecule has 0 bridgehead atoms. The number of anilines is 1. The van der Waals surface area contributed by atoms with Crippen molar-refractivity contribution in [2.75, 3.05) is 17.2 Å². The maximum Gasteiger partial charge on any atom is 0.146 e. The van der Waals surface area contributed by atoms with Crippen LogP contribution >= 0.6 is 11.8 Å². The van der Waals surface area contributed by atoms with E-state index in [1.807, 2.05) is 17.8 Å². The summed E-state index contributed by atoms with van der Waals surface area (Å²) in [6, 6.07) is 5.83. The average molecular weight is 296 g/mol. The number of thioether (sulfide) groups is 1. The van der Waals surface area contributed by atoms with Crippen LogP contribution in [0.3, 0.4) is 0 Å². The molecule has 0 saturated carbocycles. The first-order valence-electron chi connectivity index (χ1n) is 7.45. The molecule has 20 heavy (non-hydrogen) atoms. The van der Waals surface area contributed by atoms with Gasteiger partial charge in [-0.3, -0.25) is 0 Å². The average Bonchev–Trinajstić information content (AvgIpc) is 2.43. The molecule has 112 valence electrons. The van der Waals surface area contributed by atoms with Crippen LogP contribution in [-0.2, 0) is 6.42 Å². The van der Waals surface area contributed by atoms with Crippen molar-refractivity contribution in [2.45, 2.75) is 50.9 Å². The molecule has 1 heterocycles. The van der Waals surface area contributed by atoms with Crippen LogP contribution in [0, 0.1) is 5.82 Å². The van der Waals surface area contributed by atoms with E-state index in [-0.39, 0.29) is 11.9 Å². The number of nitrogens with zero attached hydrogens (tertiary/aromatic N) is 1. The molecule has 4 heteroatoms. The Bertz CT molecular complexity index is 452. The molecule has 1 aromatic rings. The van der Waals surface area contributed by atoms with Crippen molar-refractivity contribution in [2.24, 2.45) is 5.73 Å². The van der Waals surface area contributed by atoms with Crippen molar-refractivity contribution in [1.82, 2.24) is 0 Å². The highest BCUT2D eigenvalue weighted by atomic mass is 32.2. The Morgan fingerprint density at radius 2 is 2.20 bits per heavy atom. The number of hydrogen-bond donors (Lipinski definition) is 1. The monoisotopic (exact) mass is 296 g/mol. The Hall–Kier alpha value is -0.740. The number of para-hydroxylation sites is 1. The fraction of sp³-hybridized carbons (Fsp3) is 0.625. The van der Waals surface area contributed by atoms with Gasteiger partial charge in [0.05, 0.1) is 5.69 Å². The summed E-state index contributed by atoms with van der Waals surface area (Å²) in [6.07, 6.45) is 1.66. The van der Waals surface area contributed by atoms with E-state index < -0.39 is 0 Å². The van der Waals surface area contributed by atoms with E-state index in [9.17, 15) is 4.39 Å². The van der Waals surface area contributed by atoms with Crippen molar-refractivity contribution in [1.29, 1.82) is 0 Å². The van der Waals surface area contributed by atoms with Gasteiger partial charge in [0.2, 0.25) is 0 Å². The lowest BCUT2D eigenvalue weighted by Gasteiger charge is -2.40. The van der Waals surface area contributed by atoms with E-state index in [2.05, 4.69) is 25.7 Å². The van der Waals surface area contributed by atoms with E-state index >= 15 is 0 Å². The molecule has 0 aliphatic carbocycles. The van der Waals surface area contributed by atoms with E-state index in [4.69, 9.17) is 5.73 Å². The number of rotatable bonds is 4. The van der Waals surface area contributed by atoms with Gasteiger partial charge in [-0.2, -0.15) is 11.8 Å². The minimum absolute atomic E-state index is 0.0995. The Balaban J connectivity index is 2.33. The third-order valence-corrected chi connectivity index (χ3v) is 5.59. The summed E-state index contributed by atoms with van der Waals surface area (Å²) in [6.45, 7) is 7.39. The number of halogens is 1. The summed E-state index contributed by atoms with van der Waals surface area (Å²) in [5, 5.41) is 0.524. The van der Waals surface area contributed by atoms with Gasteiger partial charge >= 0.3 is 0 Å². The molecule has 1 saturated heterocycles. The molecule has 0 spiro atoms. The second-order valence-electron chi connectivity index (χ2n) is 5.63. The minimum Gasteiger partial charge on any atom is -0.364 e. The molecule has 1 aliphatic heterocycles. The quantitative estimate of drug-likeness (QED) is 0.923. The standard InChI is InChI=1S/C16H25FN2S/c1-4-14(18)10-13-6-5-7-15(17)16(13)19-8-9-20-12(3)11(19)2/h5-7,11-12,14H,4,8-10,18H2,1-3H3. The predicted molar refractivity (Wildman–Crippen MR) is 87.1 cm³/mol. The molecule has 1 aliphatic rings. The SMILES string of the molecule is CCC(N)Cc1cccc(F)c1N1CCSC(C)C1C. The second kappa shape index (κ2) is 6.81. The molecular formula is C16H25FN2S. The lowest BCUT2D eigenvalue weighted by Crippen LogP contribution is -2.45. The molecular weight excluding hydrogens is 271 g/mol. The van der Waals surface area contributed by atoms with Gasteiger partial charge in [0, 0.05) is 29.6 Å². The fourth-order valence-corrected chi connectivity index (χ4v) is 3.82. The van der Waals surface area contributed by atoms with Gasteiger partial charge in [-0.1, -0.05) is 26.0 Å². The van der Waals surface area contributed by atoms with Crippen LogP contribution in [0.15, 0.2) is 18.2 Å². The van der Waals surface area contributed by atoms with Crippen LogP contribution in [0.2, 0.25) is 0 Å². The lowest BCUT2D eigenvalue weighted by molar-refractivity contribution is 0.572. The van der Waals surface area contributed by atoms with Gasteiger partial charge in [-0.15, -0.1) is 0 Å². The van der Waals surface area contributed by atoms with Crippen LogP contribution in [0.4, 0.5) is 10.1 Å². The third kappa shape index (κ3) is 3.29. The molecule has 2 rings (SSSR count). The smallest absolute Gasteiger partial charge is 0.146 e. The normalized spacial score (nSPS) is 24.8. The van der Waals surface area contributed by atoms with Crippen LogP contribution < -0.4 is 10.6 Å². The summed E-state index contributed by atoms with van der Waals surface area (Å²) in [4.78, 5) is 2.23. The van der Waals surface area contributed by atoms with Gasteiger partial charge in [0.1, 0.15) is 5.82 Å². The summed E-state index contributed by atoms with van der Waals surface area (Å²) in [7, 11) is 0. The zero-order chi connectivity index (χ0) is 14.7. The molecule has 1 aromatic carbocycles. The van der Waals surface area contributed by atoms with Crippen molar-refractivity contribution in [3.8, 4) is 0 Å². The summed E-state index contributed by atoms with van der Waals surface area (Å²) < 4.78 is 14.4. The third-order valence-electron chi connectivity index (χ3n) is 4.25. The van der Waals surface area contributed by atoms with Gasteiger partial charge in [0.15, 0.2) is 0 Å². The first-order valence-corrected chi connectivity index (χ1v) is 8.50. The molecule has 1 fully saturated rings. The zero-order valence-electron chi connectivity index (χ0n) is 12.6. The van der Waals surface area contributed by atoms with E-state index in [1.165, 1.54) is 0 Å². The second-order valence-corrected chi connectivity index (χ2v) is 7.12. The van der Waals surface area contributed by atoms with Gasteiger partial charge in [-0.05, 0) is 31.4 Å². The first-order chi connectivity index (χ1) is 9.54. The van der Waals surface area contributed by atoms with E-state index in [0.29, 0.717) is 11.3 Å². The van der Waals surface area contributed by atoms with Gasteiger partial charge < -0.3 is 10.6 Å². The fourth-order valence-electron chi connectivity index (χ4n) is 2.72. The number of nitrogens with two attached hydrogens (primary N) is 1. The van der Waals surface area contributed by atoms with Crippen LogP contribution in [0.5, 0.6) is 0 Å². The number of hydrogen-bond acceptors (Lipinski definition) is 3. The van der Waals surface area contributed by atoms with Gasteiger partial charge in [0.25, 0.3) is 0 Å². The molecule has 0 amide bonds. The Morgan fingerprint density at radius 1 is 1.45 bits per heavy atom. The first kappa shape index (κ1) is 15.6. The highest BCUT2D eigenvalue weighted by Crippen LogP contribution is 2.33. The summed E-state index contributed by atoms with van der Waals surface area (Å²) in [5.74, 6) is 0.941. The largest absolute Gasteiger partial charge is 0.364 e. The Morgan fingerprint density at radius 3 is 2.90 bits per heavy atom. The van der Waals surface area contributed by atoms with Crippen molar-refractivity contribution in [3.63, 3.8) is 0 Å². The Labute approximate surface area is 125 Å². The van der Waals surface area contributed by atoms with Crippen LogP contribution in [0.1, 0.15) is 32.8 Å². The Kier molecular flexibility index (Phi) is 5.33. The maximum atomic E-state index is 14.4. The van der Waals surface area contributed by atoms with Crippen LogP contribution in [0.25, 0.3) is 0 Å². The molecule has 2 N–H and O–H groups in total. The van der Waals surface area contributed by atoms with Gasteiger partial charge in [-0.25, -0.2) is 4.39 Å². The summed E-state index contributed by atoms with van der Waals surface area (Å²) >= 11 is 1.97. The number of benzene rings is 1. The van der Waals surface area contributed by atoms with E-state index in [1.54, 1.807) is 12.1 Å². The maximum absolute atomic E-state index is 14.4. The zero-order valence-corrected chi connectivity index (χ0v) is 13.4. The van der Waals surface area contributed by atoms with Crippen molar-refractivity contribution < 1.29 is 4.39 Å². The lowest BCUT2D eigenvalue weighted by atomic mass is 10.0. The molecule has 3 unspecified atom stereocenters. The molecule has 2 nitrogen and oxygen atoms in total. The molecule has 0 radical (unpaired) electrons. The van der Waals surface area contributed by atoms with E-state index in [0.717, 1.165) is 36.4 Å². The minimum atomic E-state index is -0.114. The highest BCUT2D eigenvalue weighted by molar-refractivity contribution is 8.00. The highest BCUT2D eigenvalue weighted by Gasteiger charge is 2.28. The topological polar surface area (TPSA) is 29.3 Å². The van der Waals surface area contributed by atoms with Crippen LogP contribution in [-0.4, -0.2) is 29.6 Å².